The minimum absolute atomic E-state index is 0.461. The first-order chi connectivity index (χ1) is 5.43. The smallest absolute Gasteiger partial charge is 0.0663 e. The first-order valence-electron chi connectivity index (χ1n) is 3.37. The summed E-state index contributed by atoms with van der Waals surface area (Å²) in [5.41, 5.74) is 1.08. The van der Waals surface area contributed by atoms with E-state index in [0.29, 0.717) is 6.42 Å². The molecule has 0 aliphatic carbocycles. The van der Waals surface area contributed by atoms with E-state index < -0.39 is 0 Å². The maximum atomic E-state index is 8.23. The molecule has 0 saturated carbocycles. The molecule has 0 spiro atoms. The predicted octanol–water partition coefficient (Wildman–Crippen LogP) is 2.01. The standard InChI is InChI=1S/C9H8N2/c10-6-2-1-3-9-4-7-11-8-5-9/h1,3-5,7-8H,2H2. The van der Waals surface area contributed by atoms with Gasteiger partial charge in [-0.05, 0) is 17.7 Å². The highest BCUT2D eigenvalue weighted by Gasteiger charge is 1.80. The maximum absolute atomic E-state index is 8.23. The molecule has 0 N–H and O–H groups in total. The maximum Gasteiger partial charge on any atom is 0.0663 e. The molecule has 1 rings (SSSR count). The molecule has 2 heteroatoms. The van der Waals surface area contributed by atoms with E-state index in [-0.39, 0.29) is 0 Å². The Morgan fingerprint density at radius 2 is 2.18 bits per heavy atom. The van der Waals surface area contributed by atoms with Crippen molar-refractivity contribution in [2.24, 2.45) is 0 Å². The first kappa shape index (κ1) is 7.49. The Kier molecular flexibility index (Phi) is 2.88. The number of rotatable bonds is 2. The zero-order valence-electron chi connectivity index (χ0n) is 6.07. The van der Waals surface area contributed by atoms with Crippen LogP contribution < -0.4 is 0 Å². The van der Waals surface area contributed by atoms with Crippen molar-refractivity contribution in [3.8, 4) is 6.07 Å². The topological polar surface area (TPSA) is 36.7 Å². The highest BCUT2D eigenvalue weighted by atomic mass is 14.6. The van der Waals surface area contributed by atoms with Gasteiger partial charge in [0, 0.05) is 12.4 Å². The van der Waals surface area contributed by atoms with Crippen LogP contribution >= 0.6 is 0 Å². The lowest BCUT2D eigenvalue weighted by Crippen LogP contribution is -1.71. The third kappa shape index (κ3) is 2.63. The Morgan fingerprint density at radius 3 is 2.82 bits per heavy atom. The van der Waals surface area contributed by atoms with Crippen molar-refractivity contribution in [1.29, 1.82) is 5.26 Å². The Labute approximate surface area is 65.8 Å². The molecule has 0 atom stereocenters. The van der Waals surface area contributed by atoms with E-state index in [9.17, 15) is 0 Å². The van der Waals surface area contributed by atoms with Gasteiger partial charge < -0.3 is 0 Å². The van der Waals surface area contributed by atoms with Gasteiger partial charge in [-0.2, -0.15) is 5.26 Å². The molecule has 0 saturated heterocycles. The van der Waals surface area contributed by atoms with Crippen molar-refractivity contribution >= 4 is 6.08 Å². The average molecular weight is 144 g/mol. The van der Waals surface area contributed by atoms with Gasteiger partial charge in [-0.1, -0.05) is 12.2 Å². The van der Waals surface area contributed by atoms with E-state index in [2.05, 4.69) is 4.98 Å². The van der Waals surface area contributed by atoms with Gasteiger partial charge in [0.05, 0.1) is 12.5 Å². The van der Waals surface area contributed by atoms with Gasteiger partial charge in [0.15, 0.2) is 0 Å². The summed E-state index contributed by atoms with van der Waals surface area (Å²) >= 11 is 0. The Hall–Kier alpha value is -1.62. The lowest BCUT2D eigenvalue weighted by atomic mass is 10.2. The lowest BCUT2D eigenvalue weighted by Gasteiger charge is -1.87. The molecule has 54 valence electrons. The van der Waals surface area contributed by atoms with E-state index >= 15 is 0 Å². The third-order valence-electron chi connectivity index (χ3n) is 1.23. The summed E-state index contributed by atoms with van der Waals surface area (Å²) in [5, 5.41) is 8.23. The molecular weight excluding hydrogens is 136 g/mol. The molecule has 1 aromatic rings. The summed E-state index contributed by atoms with van der Waals surface area (Å²) in [7, 11) is 0. The van der Waals surface area contributed by atoms with Crippen LogP contribution in [0, 0.1) is 11.3 Å². The molecule has 0 aliphatic heterocycles. The number of hydrogen-bond donors (Lipinski definition) is 0. The summed E-state index contributed by atoms with van der Waals surface area (Å²) in [5.74, 6) is 0. The zero-order valence-corrected chi connectivity index (χ0v) is 6.07. The van der Waals surface area contributed by atoms with E-state index in [1.807, 2.05) is 30.4 Å². The predicted molar refractivity (Wildman–Crippen MR) is 43.5 cm³/mol. The first-order valence-corrected chi connectivity index (χ1v) is 3.37. The molecule has 0 bridgehead atoms. The number of allylic oxidation sites excluding steroid dienone is 1. The number of aromatic nitrogens is 1. The van der Waals surface area contributed by atoms with Gasteiger partial charge in [0.25, 0.3) is 0 Å². The summed E-state index contributed by atoms with van der Waals surface area (Å²) in [4.78, 5) is 3.87. The normalized spacial score (nSPS) is 9.73. The molecule has 0 fully saturated rings. The van der Waals surface area contributed by atoms with Crippen molar-refractivity contribution < 1.29 is 0 Å². The summed E-state index contributed by atoms with van der Waals surface area (Å²) in [6.07, 6.45) is 7.65. The Morgan fingerprint density at radius 1 is 1.45 bits per heavy atom. The molecule has 0 aliphatic rings. The van der Waals surface area contributed by atoms with Crippen LogP contribution in [-0.2, 0) is 0 Å². The summed E-state index contributed by atoms with van der Waals surface area (Å²) in [6.45, 7) is 0. The van der Waals surface area contributed by atoms with Crippen molar-refractivity contribution in [1.82, 2.24) is 4.98 Å². The fourth-order valence-corrected chi connectivity index (χ4v) is 0.722. The van der Waals surface area contributed by atoms with Crippen LogP contribution in [0.15, 0.2) is 30.6 Å². The molecule has 0 radical (unpaired) electrons. The minimum Gasteiger partial charge on any atom is -0.265 e. The molecule has 1 heterocycles. The Bertz CT molecular complexity index is 269. The minimum atomic E-state index is 0.461. The highest BCUT2D eigenvalue weighted by Crippen LogP contribution is 1.99. The van der Waals surface area contributed by atoms with Crippen LogP contribution in [0.3, 0.4) is 0 Å². The monoisotopic (exact) mass is 144 g/mol. The molecule has 2 nitrogen and oxygen atoms in total. The number of hydrogen-bond acceptors (Lipinski definition) is 2. The SMILES string of the molecule is N#CCC=Cc1ccncc1. The van der Waals surface area contributed by atoms with Crippen molar-refractivity contribution in [3.63, 3.8) is 0 Å². The fourth-order valence-electron chi connectivity index (χ4n) is 0.722. The quantitative estimate of drug-likeness (QED) is 0.636. The van der Waals surface area contributed by atoms with Crippen molar-refractivity contribution in [2.75, 3.05) is 0 Å². The summed E-state index contributed by atoms with van der Waals surface area (Å²) < 4.78 is 0. The highest BCUT2D eigenvalue weighted by molar-refractivity contribution is 5.48. The second-order valence-corrected chi connectivity index (χ2v) is 2.05. The van der Waals surface area contributed by atoms with Crippen LogP contribution in [0.4, 0.5) is 0 Å². The molecule has 11 heavy (non-hydrogen) atoms. The molecule has 0 unspecified atom stereocenters. The second kappa shape index (κ2) is 4.24. The van der Waals surface area contributed by atoms with Gasteiger partial charge in [-0.15, -0.1) is 0 Å². The van der Waals surface area contributed by atoms with Gasteiger partial charge in [-0.25, -0.2) is 0 Å². The number of nitriles is 1. The van der Waals surface area contributed by atoms with E-state index in [1.165, 1.54) is 0 Å². The van der Waals surface area contributed by atoms with Gasteiger partial charge in [0.1, 0.15) is 0 Å². The molecular formula is C9H8N2. The largest absolute Gasteiger partial charge is 0.265 e. The average Bonchev–Trinajstić information content (AvgIpc) is 2.07. The lowest BCUT2D eigenvalue weighted by molar-refractivity contribution is 1.32. The van der Waals surface area contributed by atoms with Crippen LogP contribution in [0.5, 0.6) is 0 Å². The fraction of sp³-hybridized carbons (Fsp3) is 0.111. The third-order valence-corrected chi connectivity index (χ3v) is 1.23. The zero-order chi connectivity index (χ0) is 7.94. The molecule has 0 aromatic carbocycles. The van der Waals surface area contributed by atoms with Crippen LogP contribution in [0.25, 0.3) is 6.08 Å². The van der Waals surface area contributed by atoms with Crippen LogP contribution in [-0.4, -0.2) is 4.98 Å². The van der Waals surface area contributed by atoms with E-state index in [4.69, 9.17) is 5.26 Å². The Balaban J connectivity index is 2.59. The summed E-state index contributed by atoms with van der Waals surface area (Å²) in [6, 6.07) is 5.83. The van der Waals surface area contributed by atoms with Gasteiger partial charge in [-0.3, -0.25) is 4.98 Å². The second-order valence-electron chi connectivity index (χ2n) is 2.05. The van der Waals surface area contributed by atoms with Crippen LogP contribution in [0.1, 0.15) is 12.0 Å². The number of pyridine rings is 1. The molecule has 0 amide bonds. The van der Waals surface area contributed by atoms with Crippen molar-refractivity contribution in [3.05, 3.63) is 36.2 Å². The van der Waals surface area contributed by atoms with E-state index in [0.717, 1.165) is 5.56 Å². The number of nitrogens with zero attached hydrogens (tertiary/aromatic N) is 2. The van der Waals surface area contributed by atoms with Crippen LogP contribution in [0.2, 0.25) is 0 Å². The van der Waals surface area contributed by atoms with Crippen molar-refractivity contribution in [2.45, 2.75) is 6.42 Å². The van der Waals surface area contributed by atoms with Gasteiger partial charge >= 0.3 is 0 Å². The molecule has 1 aromatic heterocycles. The van der Waals surface area contributed by atoms with E-state index in [1.54, 1.807) is 12.4 Å². The van der Waals surface area contributed by atoms with Gasteiger partial charge in [0.2, 0.25) is 0 Å².